The van der Waals surface area contributed by atoms with E-state index in [9.17, 15) is 0 Å². The maximum atomic E-state index is 5.52. The third-order valence-electron chi connectivity index (χ3n) is 2.76. The van der Waals surface area contributed by atoms with Crippen LogP contribution in [0.5, 0.6) is 5.75 Å². The molecular weight excluding hydrogens is 276 g/mol. The first kappa shape index (κ1) is 14.1. The van der Waals surface area contributed by atoms with Crippen LogP contribution in [-0.4, -0.2) is 17.9 Å². The number of ether oxygens (including phenoxy) is 1. The van der Waals surface area contributed by atoms with E-state index in [4.69, 9.17) is 4.74 Å². The summed E-state index contributed by atoms with van der Waals surface area (Å²) >= 11 is 0. The number of anilines is 2. The molecule has 1 aliphatic heterocycles. The van der Waals surface area contributed by atoms with E-state index in [0.29, 0.717) is 6.61 Å². The van der Waals surface area contributed by atoms with Crippen LogP contribution in [0.2, 0.25) is 0 Å². The Morgan fingerprint density at radius 2 is 2.15 bits per heavy atom. The van der Waals surface area contributed by atoms with Crippen LogP contribution in [0.15, 0.2) is 47.6 Å². The minimum absolute atomic E-state index is 0. The zero-order valence-corrected chi connectivity index (χ0v) is 11.8. The molecule has 2 heterocycles. The van der Waals surface area contributed by atoms with E-state index < -0.39 is 0 Å². The van der Waals surface area contributed by atoms with Gasteiger partial charge in [0.15, 0.2) is 5.82 Å². The minimum atomic E-state index is 0. The topological polar surface area (TPSA) is 49.8 Å². The Bertz CT molecular complexity index is 618. The summed E-state index contributed by atoms with van der Waals surface area (Å²) in [5.74, 6) is 1.61. The SMILES string of the molecule is CCOc1cccc(N2NC=Nc3cccnc32)c1.Cl. The van der Waals surface area contributed by atoms with Gasteiger partial charge >= 0.3 is 0 Å². The second-order valence-corrected chi connectivity index (χ2v) is 4.00. The molecule has 1 aliphatic rings. The van der Waals surface area contributed by atoms with Crippen LogP contribution < -0.4 is 15.2 Å². The number of halogens is 1. The molecular formula is C14H15ClN4O. The van der Waals surface area contributed by atoms with Gasteiger partial charge in [0.05, 0.1) is 12.3 Å². The number of hydrogen-bond acceptors (Lipinski definition) is 5. The van der Waals surface area contributed by atoms with E-state index in [1.807, 2.05) is 48.3 Å². The molecule has 0 fully saturated rings. The fraction of sp³-hybridized carbons (Fsp3) is 0.143. The Morgan fingerprint density at radius 3 is 3.00 bits per heavy atom. The lowest BCUT2D eigenvalue weighted by atomic mass is 10.2. The number of fused-ring (bicyclic) bond motifs is 1. The van der Waals surface area contributed by atoms with Gasteiger partial charge in [0, 0.05) is 12.3 Å². The fourth-order valence-electron chi connectivity index (χ4n) is 1.95. The van der Waals surface area contributed by atoms with Crippen molar-refractivity contribution < 1.29 is 4.74 Å². The summed E-state index contributed by atoms with van der Waals surface area (Å²) in [5, 5.41) is 1.88. The third kappa shape index (κ3) is 2.67. The molecule has 0 spiro atoms. The number of hydrogen-bond donors (Lipinski definition) is 1. The molecule has 0 unspecified atom stereocenters. The van der Waals surface area contributed by atoms with E-state index >= 15 is 0 Å². The van der Waals surface area contributed by atoms with E-state index in [-0.39, 0.29) is 12.4 Å². The highest BCUT2D eigenvalue weighted by molar-refractivity contribution is 5.85. The van der Waals surface area contributed by atoms with Gasteiger partial charge in [-0.1, -0.05) is 6.07 Å². The van der Waals surface area contributed by atoms with Gasteiger partial charge in [-0.2, -0.15) is 0 Å². The highest BCUT2D eigenvalue weighted by atomic mass is 35.5. The van der Waals surface area contributed by atoms with E-state index in [1.54, 1.807) is 12.5 Å². The van der Waals surface area contributed by atoms with Crippen LogP contribution >= 0.6 is 12.4 Å². The van der Waals surface area contributed by atoms with Crippen molar-refractivity contribution in [3.63, 3.8) is 0 Å². The fourth-order valence-corrected chi connectivity index (χ4v) is 1.95. The van der Waals surface area contributed by atoms with Crippen molar-refractivity contribution in [1.29, 1.82) is 0 Å². The molecule has 20 heavy (non-hydrogen) atoms. The molecule has 3 rings (SSSR count). The summed E-state index contributed by atoms with van der Waals surface area (Å²) in [4.78, 5) is 8.62. The lowest BCUT2D eigenvalue weighted by Gasteiger charge is -2.27. The molecule has 2 aromatic rings. The first-order valence-electron chi connectivity index (χ1n) is 6.15. The molecule has 104 valence electrons. The van der Waals surface area contributed by atoms with Crippen molar-refractivity contribution in [1.82, 2.24) is 10.4 Å². The molecule has 0 radical (unpaired) electrons. The van der Waals surface area contributed by atoms with Gasteiger partial charge in [-0.25, -0.2) is 15.0 Å². The van der Waals surface area contributed by atoms with Gasteiger partial charge in [0.1, 0.15) is 17.8 Å². The van der Waals surface area contributed by atoms with Crippen LogP contribution in [0.4, 0.5) is 17.2 Å². The van der Waals surface area contributed by atoms with Crippen molar-refractivity contribution in [2.75, 3.05) is 11.6 Å². The zero-order chi connectivity index (χ0) is 13.1. The minimum Gasteiger partial charge on any atom is -0.494 e. The smallest absolute Gasteiger partial charge is 0.178 e. The molecule has 0 atom stereocenters. The number of aromatic nitrogens is 1. The first-order valence-corrected chi connectivity index (χ1v) is 6.15. The summed E-state index contributed by atoms with van der Waals surface area (Å²) in [6.45, 7) is 2.61. The van der Waals surface area contributed by atoms with Gasteiger partial charge in [0.2, 0.25) is 0 Å². The molecule has 0 aliphatic carbocycles. The van der Waals surface area contributed by atoms with Crippen molar-refractivity contribution in [3.8, 4) is 5.75 Å². The first-order chi connectivity index (χ1) is 9.38. The Kier molecular flexibility index (Phi) is 4.42. The second kappa shape index (κ2) is 6.25. The van der Waals surface area contributed by atoms with Crippen LogP contribution in [-0.2, 0) is 0 Å². The zero-order valence-electron chi connectivity index (χ0n) is 11.0. The third-order valence-corrected chi connectivity index (χ3v) is 2.76. The summed E-state index contributed by atoms with van der Waals surface area (Å²) in [6.07, 6.45) is 3.40. The highest BCUT2D eigenvalue weighted by Gasteiger charge is 2.17. The number of nitrogens with one attached hydrogen (secondary N) is 1. The molecule has 1 aromatic carbocycles. The predicted molar refractivity (Wildman–Crippen MR) is 82.5 cm³/mol. The largest absolute Gasteiger partial charge is 0.494 e. The van der Waals surface area contributed by atoms with Crippen molar-refractivity contribution in [3.05, 3.63) is 42.6 Å². The van der Waals surface area contributed by atoms with Crippen molar-refractivity contribution >= 4 is 35.9 Å². The van der Waals surface area contributed by atoms with Gasteiger partial charge in [-0.15, -0.1) is 12.4 Å². The van der Waals surface area contributed by atoms with E-state index in [1.165, 1.54) is 0 Å². The Balaban J connectivity index is 0.00000147. The van der Waals surface area contributed by atoms with Crippen LogP contribution in [0.3, 0.4) is 0 Å². The summed E-state index contributed by atoms with van der Waals surface area (Å²) < 4.78 is 5.52. The van der Waals surface area contributed by atoms with Crippen molar-refractivity contribution in [2.24, 2.45) is 4.99 Å². The summed E-state index contributed by atoms with van der Waals surface area (Å²) in [5.41, 5.74) is 4.88. The molecule has 0 saturated carbocycles. The molecule has 6 heteroatoms. The molecule has 1 N–H and O–H groups in total. The van der Waals surface area contributed by atoms with Gasteiger partial charge in [-0.3, -0.25) is 5.43 Å². The standard InChI is InChI=1S/C14H14N4O.ClH/c1-2-19-12-6-3-5-11(9-12)18-14-13(16-10-17-18)7-4-8-15-14;/h3-10H,2H2,1H3,(H,16,17);1H. The Hall–Kier alpha value is -2.27. The quantitative estimate of drug-likeness (QED) is 0.943. The number of pyridine rings is 1. The van der Waals surface area contributed by atoms with Gasteiger partial charge in [0.25, 0.3) is 0 Å². The average molecular weight is 291 g/mol. The van der Waals surface area contributed by atoms with Crippen LogP contribution in [0, 0.1) is 0 Å². The number of nitrogens with zero attached hydrogens (tertiary/aromatic N) is 3. The predicted octanol–water partition coefficient (Wildman–Crippen LogP) is 3.22. The Morgan fingerprint density at radius 1 is 1.25 bits per heavy atom. The maximum absolute atomic E-state index is 5.52. The summed E-state index contributed by atoms with van der Waals surface area (Å²) in [7, 11) is 0. The lowest BCUT2D eigenvalue weighted by molar-refractivity contribution is 0.340. The molecule has 1 aromatic heterocycles. The number of aliphatic imine (C=N–C) groups is 1. The highest BCUT2D eigenvalue weighted by Crippen LogP contribution is 2.33. The normalized spacial score (nSPS) is 12.2. The molecule has 5 nitrogen and oxygen atoms in total. The number of benzene rings is 1. The van der Waals surface area contributed by atoms with Gasteiger partial charge in [-0.05, 0) is 31.2 Å². The summed E-state index contributed by atoms with van der Waals surface area (Å²) in [6, 6.07) is 11.7. The average Bonchev–Trinajstić information content (AvgIpc) is 2.47. The van der Waals surface area contributed by atoms with Crippen LogP contribution in [0.25, 0.3) is 0 Å². The lowest BCUT2D eigenvalue weighted by Crippen LogP contribution is -2.35. The van der Waals surface area contributed by atoms with Crippen LogP contribution in [0.1, 0.15) is 6.92 Å². The second-order valence-electron chi connectivity index (χ2n) is 4.00. The Labute approximate surface area is 123 Å². The van der Waals surface area contributed by atoms with E-state index in [0.717, 1.165) is 22.9 Å². The molecule has 0 saturated heterocycles. The maximum Gasteiger partial charge on any atom is 0.178 e. The number of hydrazine groups is 1. The number of rotatable bonds is 3. The monoisotopic (exact) mass is 290 g/mol. The molecule has 0 amide bonds. The van der Waals surface area contributed by atoms with E-state index in [2.05, 4.69) is 15.4 Å². The molecule has 0 bridgehead atoms. The van der Waals surface area contributed by atoms with Gasteiger partial charge < -0.3 is 4.74 Å². The van der Waals surface area contributed by atoms with Crippen molar-refractivity contribution in [2.45, 2.75) is 6.92 Å².